The maximum Gasteiger partial charge on any atom is 0.318 e. The van der Waals surface area contributed by atoms with Gasteiger partial charge in [-0.2, -0.15) is 0 Å². The minimum atomic E-state index is -0.507. The highest BCUT2D eigenvalue weighted by molar-refractivity contribution is 6.00. The maximum absolute atomic E-state index is 12.7. The van der Waals surface area contributed by atoms with Crippen LogP contribution in [0.3, 0.4) is 0 Å². The lowest BCUT2D eigenvalue weighted by Gasteiger charge is -2.39. The number of ether oxygens (including phenoxy) is 2. The Labute approximate surface area is 135 Å². The van der Waals surface area contributed by atoms with Crippen LogP contribution in [0.25, 0.3) is 0 Å². The second kappa shape index (κ2) is 5.98. The summed E-state index contributed by atoms with van der Waals surface area (Å²) in [6.07, 6.45) is 0. The van der Waals surface area contributed by atoms with E-state index in [4.69, 9.17) is 9.47 Å². The molecule has 0 spiro atoms. The Bertz CT molecular complexity index is 632. The summed E-state index contributed by atoms with van der Waals surface area (Å²) in [4.78, 5) is 28.1. The molecule has 0 saturated carbocycles. The van der Waals surface area contributed by atoms with E-state index in [0.717, 1.165) is 5.69 Å². The largest absolute Gasteiger partial charge is 0.454 e. The van der Waals surface area contributed by atoms with Crippen LogP contribution in [-0.4, -0.2) is 48.8 Å². The van der Waals surface area contributed by atoms with Gasteiger partial charge in [-0.1, -0.05) is 0 Å². The zero-order valence-electron chi connectivity index (χ0n) is 13.5. The molecule has 7 nitrogen and oxygen atoms in total. The molecular formula is C16H21N3O4. The van der Waals surface area contributed by atoms with Crippen molar-refractivity contribution >= 4 is 17.6 Å². The van der Waals surface area contributed by atoms with Gasteiger partial charge in [0.2, 0.25) is 12.7 Å². The Morgan fingerprint density at radius 2 is 2.00 bits per heavy atom. The maximum atomic E-state index is 12.7. The highest BCUT2D eigenvalue weighted by Gasteiger charge is 2.35. The monoisotopic (exact) mass is 319 g/mol. The van der Waals surface area contributed by atoms with Gasteiger partial charge in [-0.05, 0) is 32.9 Å². The third-order valence-corrected chi connectivity index (χ3v) is 4.00. The molecule has 7 heteroatoms. The summed E-state index contributed by atoms with van der Waals surface area (Å²) in [6, 6.07) is 4.77. The van der Waals surface area contributed by atoms with E-state index in [1.54, 1.807) is 28.9 Å². The number of urea groups is 1. The molecular weight excluding hydrogens is 298 g/mol. The molecule has 1 fully saturated rings. The van der Waals surface area contributed by atoms with E-state index in [2.05, 4.69) is 5.32 Å². The summed E-state index contributed by atoms with van der Waals surface area (Å²) >= 11 is 0. The van der Waals surface area contributed by atoms with Crippen molar-refractivity contribution in [3.63, 3.8) is 0 Å². The summed E-state index contributed by atoms with van der Waals surface area (Å²) in [5.41, 5.74) is 0.759. The van der Waals surface area contributed by atoms with Gasteiger partial charge in [-0.3, -0.25) is 4.79 Å². The molecule has 0 aliphatic carbocycles. The Kier molecular flexibility index (Phi) is 4.02. The summed E-state index contributed by atoms with van der Waals surface area (Å²) in [5.74, 6) is 1.22. The Morgan fingerprint density at radius 1 is 1.26 bits per heavy atom. The second-order valence-corrected chi connectivity index (χ2v) is 6.00. The second-order valence-electron chi connectivity index (χ2n) is 6.00. The number of nitrogens with one attached hydrogen (secondary N) is 1. The van der Waals surface area contributed by atoms with Gasteiger partial charge in [-0.15, -0.1) is 0 Å². The third kappa shape index (κ3) is 2.91. The topological polar surface area (TPSA) is 71.1 Å². The first-order valence-electron chi connectivity index (χ1n) is 7.75. The number of anilines is 1. The zero-order chi connectivity index (χ0) is 16.6. The molecule has 1 saturated heterocycles. The lowest BCUT2D eigenvalue weighted by Crippen LogP contribution is -2.60. The number of carbonyl (C=O) groups is 2. The molecule has 0 aromatic heterocycles. The van der Waals surface area contributed by atoms with Gasteiger partial charge >= 0.3 is 6.03 Å². The molecule has 2 heterocycles. The van der Waals surface area contributed by atoms with Crippen molar-refractivity contribution < 1.29 is 19.1 Å². The summed E-state index contributed by atoms with van der Waals surface area (Å²) in [6.45, 7) is 6.68. The Morgan fingerprint density at radius 3 is 2.74 bits per heavy atom. The van der Waals surface area contributed by atoms with E-state index < -0.39 is 6.04 Å². The molecule has 2 aliphatic rings. The smallest absolute Gasteiger partial charge is 0.318 e. The van der Waals surface area contributed by atoms with Gasteiger partial charge < -0.3 is 24.6 Å². The lowest BCUT2D eigenvalue weighted by molar-refractivity contribution is -0.124. The summed E-state index contributed by atoms with van der Waals surface area (Å²) in [7, 11) is 0. The molecule has 23 heavy (non-hydrogen) atoms. The molecule has 2 aliphatic heterocycles. The van der Waals surface area contributed by atoms with E-state index >= 15 is 0 Å². The van der Waals surface area contributed by atoms with Gasteiger partial charge in [0.05, 0.1) is 0 Å². The standard InChI is InChI=1S/C16H21N3O4/c1-10(2)17-16(21)18-6-7-19(15(20)11(18)3)12-4-5-13-14(8-12)23-9-22-13/h4-5,8,10-11H,6-7,9H2,1-3H3,(H,17,21)/t11-/m1/s1. The van der Waals surface area contributed by atoms with Crippen LogP contribution in [0, 0.1) is 0 Å². The van der Waals surface area contributed by atoms with Crippen LogP contribution in [0.15, 0.2) is 18.2 Å². The SMILES string of the molecule is CC(C)NC(=O)N1CCN(c2ccc3c(c2)OCO3)C(=O)[C@H]1C. The van der Waals surface area contributed by atoms with Crippen molar-refractivity contribution in [3.8, 4) is 11.5 Å². The fourth-order valence-corrected chi connectivity index (χ4v) is 2.79. The number of fused-ring (bicyclic) bond motifs is 1. The van der Waals surface area contributed by atoms with Gasteiger partial charge in [0, 0.05) is 30.9 Å². The molecule has 0 bridgehead atoms. The molecule has 0 radical (unpaired) electrons. The van der Waals surface area contributed by atoms with Crippen LogP contribution >= 0.6 is 0 Å². The number of amides is 3. The Balaban J connectivity index is 1.75. The molecule has 1 aromatic rings. The van der Waals surface area contributed by atoms with Crippen LogP contribution in [0.4, 0.5) is 10.5 Å². The van der Waals surface area contributed by atoms with E-state index in [1.807, 2.05) is 19.9 Å². The van der Waals surface area contributed by atoms with E-state index in [0.29, 0.717) is 24.6 Å². The van der Waals surface area contributed by atoms with Crippen molar-refractivity contribution in [2.45, 2.75) is 32.9 Å². The minimum Gasteiger partial charge on any atom is -0.454 e. The van der Waals surface area contributed by atoms with Gasteiger partial charge in [0.25, 0.3) is 0 Å². The highest BCUT2D eigenvalue weighted by atomic mass is 16.7. The van der Waals surface area contributed by atoms with Crippen molar-refractivity contribution in [1.82, 2.24) is 10.2 Å². The zero-order valence-corrected chi connectivity index (χ0v) is 13.5. The number of benzene rings is 1. The van der Waals surface area contributed by atoms with Crippen molar-refractivity contribution in [2.24, 2.45) is 0 Å². The first-order valence-corrected chi connectivity index (χ1v) is 7.75. The van der Waals surface area contributed by atoms with Gasteiger partial charge in [0.1, 0.15) is 6.04 Å². The third-order valence-electron chi connectivity index (χ3n) is 4.00. The number of carbonyl (C=O) groups excluding carboxylic acids is 2. The average molecular weight is 319 g/mol. The summed E-state index contributed by atoms with van der Waals surface area (Å²) < 4.78 is 10.6. The minimum absolute atomic E-state index is 0.0386. The summed E-state index contributed by atoms with van der Waals surface area (Å²) in [5, 5.41) is 2.83. The average Bonchev–Trinajstić information content (AvgIpc) is 2.96. The molecule has 3 amide bonds. The number of nitrogens with zero attached hydrogens (tertiary/aromatic N) is 2. The van der Waals surface area contributed by atoms with Gasteiger partial charge in [0.15, 0.2) is 11.5 Å². The van der Waals surface area contributed by atoms with Crippen LogP contribution in [0.1, 0.15) is 20.8 Å². The lowest BCUT2D eigenvalue weighted by atomic mass is 10.1. The van der Waals surface area contributed by atoms with E-state index in [-0.39, 0.29) is 24.8 Å². The van der Waals surface area contributed by atoms with Crippen molar-refractivity contribution in [1.29, 1.82) is 0 Å². The molecule has 1 aromatic carbocycles. The van der Waals surface area contributed by atoms with Crippen molar-refractivity contribution in [3.05, 3.63) is 18.2 Å². The predicted molar refractivity (Wildman–Crippen MR) is 84.8 cm³/mol. The number of hydrogen-bond acceptors (Lipinski definition) is 4. The van der Waals surface area contributed by atoms with Crippen LogP contribution in [0.5, 0.6) is 11.5 Å². The molecule has 124 valence electrons. The van der Waals surface area contributed by atoms with Gasteiger partial charge in [-0.25, -0.2) is 4.79 Å². The first kappa shape index (κ1) is 15.5. The van der Waals surface area contributed by atoms with Crippen LogP contribution in [0.2, 0.25) is 0 Å². The fraction of sp³-hybridized carbons (Fsp3) is 0.500. The molecule has 0 unspecified atom stereocenters. The predicted octanol–water partition coefficient (Wildman–Crippen LogP) is 1.57. The quantitative estimate of drug-likeness (QED) is 0.898. The van der Waals surface area contributed by atoms with E-state index in [9.17, 15) is 9.59 Å². The van der Waals surface area contributed by atoms with Crippen LogP contribution in [-0.2, 0) is 4.79 Å². The number of rotatable bonds is 2. The van der Waals surface area contributed by atoms with E-state index in [1.165, 1.54) is 0 Å². The van der Waals surface area contributed by atoms with Crippen molar-refractivity contribution in [2.75, 3.05) is 24.8 Å². The Hall–Kier alpha value is -2.44. The molecule has 3 rings (SSSR count). The molecule has 1 atom stereocenters. The fourth-order valence-electron chi connectivity index (χ4n) is 2.79. The highest BCUT2D eigenvalue weighted by Crippen LogP contribution is 2.36. The molecule has 1 N–H and O–H groups in total. The first-order chi connectivity index (χ1) is 11.0. The van der Waals surface area contributed by atoms with Crippen LogP contribution < -0.4 is 19.7 Å². The number of piperazine rings is 1. The normalized spacial score (nSPS) is 20.2. The number of hydrogen-bond donors (Lipinski definition) is 1.